The van der Waals surface area contributed by atoms with E-state index in [-0.39, 0.29) is 0 Å². The summed E-state index contributed by atoms with van der Waals surface area (Å²) in [5.41, 5.74) is 2.55. The molecule has 0 aliphatic carbocycles. The van der Waals surface area contributed by atoms with Crippen LogP contribution in [-0.2, 0) is 12.8 Å². The van der Waals surface area contributed by atoms with Gasteiger partial charge in [-0.2, -0.15) is 0 Å². The predicted octanol–water partition coefficient (Wildman–Crippen LogP) is 3.36. The zero-order valence-electron chi connectivity index (χ0n) is 11.5. The monoisotopic (exact) mass is 290 g/mol. The summed E-state index contributed by atoms with van der Waals surface area (Å²) < 4.78 is 10.6. The Bertz CT molecular complexity index is 591. The molecule has 2 heterocycles. The molecule has 0 radical (unpaired) electrons. The van der Waals surface area contributed by atoms with Gasteiger partial charge in [-0.25, -0.2) is 0 Å². The predicted molar refractivity (Wildman–Crippen MR) is 79.8 cm³/mol. The number of fused-ring (bicyclic) bond motifs is 1. The molecule has 0 saturated heterocycles. The number of ether oxygens (including phenoxy) is 2. The summed E-state index contributed by atoms with van der Waals surface area (Å²) >= 11 is 1.54. The van der Waals surface area contributed by atoms with Crippen molar-refractivity contribution in [2.24, 2.45) is 0 Å². The van der Waals surface area contributed by atoms with E-state index in [1.165, 1.54) is 11.1 Å². The van der Waals surface area contributed by atoms with E-state index >= 15 is 0 Å². The summed E-state index contributed by atoms with van der Waals surface area (Å²) in [7, 11) is 1.64. The molecular weight excluding hydrogens is 272 g/mol. The smallest absolute Gasteiger partial charge is 0.129 e. The zero-order valence-corrected chi connectivity index (χ0v) is 12.3. The lowest BCUT2D eigenvalue weighted by Gasteiger charge is -2.09. The lowest BCUT2D eigenvalue weighted by atomic mass is 10.0. The fourth-order valence-electron chi connectivity index (χ4n) is 2.46. The molecule has 1 aromatic carbocycles. The average molecular weight is 290 g/mol. The van der Waals surface area contributed by atoms with Crippen molar-refractivity contribution in [3.05, 3.63) is 45.6 Å². The minimum atomic E-state index is -0.423. The Morgan fingerprint density at radius 2 is 2.30 bits per heavy atom. The molecule has 0 fully saturated rings. The fraction of sp³-hybridized carbons (Fsp3) is 0.375. The minimum absolute atomic E-state index is 0.423. The van der Waals surface area contributed by atoms with Crippen LogP contribution in [0.4, 0.5) is 0 Å². The number of rotatable bonds is 5. The quantitative estimate of drug-likeness (QED) is 0.917. The normalized spacial score (nSPS) is 14.7. The number of aryl methyl sites for hydroxylation is 1. The van der Waals surface area contributed by atoms with Crippen molar-refractivity contribution in [3.63, 3.8) is 0 Å². The molecule has 1 aliphatic rings. The van der Waals surface area contributed by atoms with Crippen LogP contribution in [0.1, 0.15) is 28.5 Å². The maximum atomic E-state index is 10.2. The average Bonchev–Trinajstić information content (AvgIpc) is 3.12. The lowest BCUT2D eigenvalue weighted by Crippen LogP contribution is -1.97. The van der Waals surface area contributed by atoms with E-state index in [9.17, 15) is 5.11 Å². The molecule has 0 amide bonds. The van der Waals surface area contributed by atoms with Gasteiger partial charge in [0, 0.05) is 16.7 Å². The topological polar surface area (TPSA) is 38.7 Å². The van der Waals surface area contributed by atoms with E-state index in [2.05, 4.69) is 12.1 Å². The first-order valence-electron chi connectivity index (χ1n) is 6.81. The number of benzene rings is 1. The van der Waals surface area contributed by atoms with Gasteiger partial charge in [0.2, 0.25) is 0 Å². The number of aliphatic hydroxyl groups is 1. The van der Waals surface area contributed by atoms with Crippen LogP contribution >= 0.6 is 11.3 Å². The Labute approximate surface area is 122 Å². The Morgan fingerprint density at radius 1 is 1.40 bits per heavy atom. The summed E-state index contributed by atoms with van der Waals surface area (Å²) in [6.07, 6.45) is 2.17. The van der Waals surface area contributed by atoms with Gasteiger partial charge in [-0.15, -0.1) is 11.3 Å². The third kappa shape index (κ3) is 2.81. The third-order valence-corrected chi connectivity index (χ3v) is 4.63. The third-order valence-electron chi connectivity index (χ3n) is 3.62. The van der Waals surface area contributed by atoms with Crippen molar-refractivity contribution < 1.29 is 14.6 Å². The van der Waals surface area contributed by atoms with Gasteiger partial charge < -0.3 is 14.6 Å². The van der Waals surface area contributed by atoms with Crippen LogP contribution in [0.3, 0.4) is 0 Å². The second-order valence-corrected chi connectivity index (χ2v) is 5.93. The highest BCUT2D eigenvalue weighted by Crippen LogP contribution is 2.30. The van der Waals surface area contributed by atoms with Crippen molar-refractivity contribution in [1.29, 1.82) is 0 Å². The molecule has 3 nitrogen and oxygen atoms in total. The Balaban J connectivity index is 1.61. The molecule has 20 heavy (non-hydrogen) atoms. The van der Waals surface area contributed by atoms with Crippen LogP contribution in [0.2, 0.25) is 0 Å². The summed E-state index contributed by atoms with van der Waals surface area (Å²) in [4.78, 5) is 0.964. The first-order valence-corrected chi connectivity index (χ1v) is 7.69. The molecule has 1 aromatic heterocycles. The largest absolute Gasteiger partial charge is 0.496 e. The minimum Gasteiger partial charge on any atom is -0.496 e. The van der Waals surface area contributed by atoms with Crippen molar-refractivity contribution in [3.8, 4) is 11.5 Å². The van der Waals surface area contributed by atoms with Gasteiger partial charge in [-0.05, 0) is 36.1 Å². The van der Waals surface area contributed by atoms with E-state index in [4.69, 9.17) is 9.47 Å². The number of methoxy groups -OCH3 is 1. The van der Waals surface area contributed by atoms with E-state index < -0.39 is 6.10 Å². The fourth-order valence-corrected chi connectivity index (χ4v) is 3.33. The molecule has 106 valence electrons. The van der Waals surface area contributed by atoms with Gasteiger partial charge in [0.05, 0.1) is 19.8 Å². The maximum absolute atomic E-state index is 10.2. The first kappa shape index (κ1) is 13.5. The first-order chi connectivity index (χ1) is 9.76. The zero-order chi connectivity index (χ0) is 13.9. The lowest BCUT2D eigenvalue weighted by molar-refractivity contribution is 0.171. The van der Waals surface area contributed by atoms with E-state index in [1.54, 1.807) is 18.4 Å². The number of thiophene rings is 1. The van der Waals surface area contributed by atoms with Crippen LogP contribution in [0.15, 0.2) is 29.6 Å². The standard InChI is InChI=1S/C16H18O3S/c1-18-13-9-16(20-10-13)14(17)4-2-11-3-5-15-12(8-11)6-7-19-15/h3,5,8-10,14,17H,2,4,6-7H2,1H3. The van der Waals surface area contributed by atoms with Gasteiger partial charge >= 0.3 is 0 Å². The molecule has 0 spiro atoms. The van der Waals surface area contributed by atoms with Crippen molar-refractivity contribution in [2.45, 2.75) is 25.4 Å². The van der Waals surface area contributed by atoms with Crippen molar-refractivity contribution in [1.82, 2.24) is 0 Å². The van der Waals surface area contributed by atoms with Gasteiger partial charge in [-0.3, -0.25) is 0 Å². The Hall–Kier alpha value is -1.52. The van der Waals surface area contributed by atoms with Crippen LogP contribution in [0, 0.1) is 0 Å². The molecule has 1 atom stereocenters. The van der Waals surface area contributed by atoms with Crippen LogP contribution < -0.4 is 9.47 Å². The van der Waals surface area contributed by atoms with Crippen molar-refractivity contribution >= 4 is 11.3 Å². The highest BCUT2D eigenvalue weighted by molar-refractivity contribution is 7.10. The molecule has 0 bridgehead atoms. The molecule has 4 heteroatoms. The SMILES string of the molecule is COc1csc(C(O)CCc2ccc3c(c2)CCO3)c1. The number of hydrogen-bond donors (Lipinski definition) is 1. The second-order valence-electron chi connectivity index (χ2n) is 4.98. The van der Waals surface area contributed by atoms with E-state index in [0.29, 0.717) is 0 Å². The highest BCUT2D eigenvalue weighted by Gasteiger charge is 2.14. The van der Waals surface area contributed by atoms with Gasteiger partial charge in [-0.1, -0.05) is 12.1 Å². The van der Waals surface area contributed by atoms with Gasteiger partial charge in [0.25, 0.3) is 0 Å². The van der Waals surface area contributed by atoms with Gasteiger partial charge in [0.15, 0.2) is 0 Å². The van der Waals surface area contributed by atoms with Crippen molar-refractivity contribution in [2.75, 3.05) is 13.7 Å². The Morgan fingerprint density at radius 3 is 3.10 bits per heavy atom. The second kappa shape index (κ2) is 5.85. The Kier molecular flexibility index (Phi) is 3.94. The summed E-state index contributed by atoms with van der Waals surface area (Å²) in [5, 5.41) is 12.1. The van der Waals surface area contributed by atoms with Gasteiger partial charge in [0.1, 0.15) is 11.5 Å². The van der Waals surface area contributed by atoms with Crippen LogP contribution in [-0.4, -0.2) is 18.8 Å². The molecule has 3 rings (SSSR count). The molecule has 0 saturated carbocycles. The molecule has 1 N–H and O–H groups in total. The molecule has 2 aromatic rings. The van der Waals surface area contributed by atoms with Crippen LogP contribution in [0.5, 0.6) is 11.5 Å². The summed E-state index contributed by atoms with van der Waals surface area (Å²) in [6, 6.07) is 8.24. The maximum Gasteiger partial charge on any atom is 0.129 e. The molecule has 1 aliphatic heterocycles. The highest BCUT2D eigenvalue weighted by atomic mass is 32.1. The summed E-state index contributed by atoms with van der Waals surface area (Å²) in [6.45, 7) is 0.788. The number of aliphatic hydroxyl groups excluding tert-OH is 1. The summed E-state index contributed by atoms with van der Waals surface area (Å²) in [5.74, 6) is 1.83. The van der Waals surface area contributed by atoms with E-state index in [0.717, 1.165) is 42.2 Å². The van der Waals surface area contributed by atoms with Crippen LogP contribution in [0.25, 0.3) is 0 Å². The molecular formula is C16H18O3S. The van der Waals surface area contributed by atoms with E-state index in [1.807, 2.05) is 17.5 Å². The molecule has 1 unspecified atom stereocenters. The number of hydrogen-bond acceptors (Lipinski definition) is 4.